The van der Waals surface area contributed by atoms with Crippen LogP contribution < -0.4 is 4.72 Å². The van der Waals surface area contributed by atoms with Crippen molar-refractivity contribution in [3.8, 4) is 0 Å². The summed E-state index contributed by atoms with van der Waals surface area (Å²) in [7, 11) is -3.36. The summed E-state index contributed by atoms with van der Waals surface area (Å²) in [5.41, 5.74) is 0.775. The molecule has 0 amide bonds. The molecule has 0 bridgehead atoms. The molecular formula is C12H19NO2S2. The molecule has 0 aromatic heterocycles. The van der Waals surface area contributed by atoms with E-state index in [0.29, 0.717) is 17.4 Å². The van der Waals surface area contributed by atoms with Crippen LogP contribution in [0.3, 0.4) is 0 Å². The summed E-state index contributed by atoms with van der Waals surface area (Å²) in [5, 5.41) is 0. The van der Waals surface area contributed by atoms with E-state index in [0.717, 1.165) is 11.3 Å². The van der Waals surface area contributed by atoms with Crippen LogP contribution in [-0.4, -0.2) is 27.0 Å². The first-order chi connectivity index (χ1) is 7.97. The summed E-state index contributed by atoms with van der Waals surface area (Å²) >= 11 is 1.72. The fourth-order valence-electron chi connectivity index (χ4n) is 1.53. The molecule has 1 unspecified atom stereocenters. The van der Waals surface area contributed by atoms with Crippen LogP contribution >= 0.6 is 11.8 Å². The van der Waals surface area contributed by atoms with Gasteiger partial charge < -0.3 is 0 Å². The van der Waals surface area contributed by atoms with Crippen LogP contribution in [0, 0.1) is 12.8 Å². The standard InChI is InChI=1S/C12H19NO2S2/c1-10(9-16-3)8-13-17(14,15)12-7-5-4-6-11(12)2/h4-7,10,13H,8-9H2,1-3H3. The van der Waals surface area contributed by atoms with Crippen molar-refractivity contribution in [2.24, 2.45) is 5.92 Å². The van der Waals surface area contributed by atoms with Crippen LogP contribution in [0.1, 0.15) is 12.5 Å². The highest BCUT2D eigenvalue weighted by molar-refractivity contribution is 7.98. The van der Waals surface area contributed by atoms with Crippen molar-refractivity contribution in [2.45, 2.75) is 18.7 Å². The molecule has 0 fully saturated rings. The van der Waals surface area contributed by atoms with E-state index in [1.54, 1.807) is 36.9 Å². The third-order valence-electron chi connectivity index (χ3n) is 2.46. The van der Waals surface area contributed by atoms with Gasteiger partial charge in [-0.2, -0.15) is 11.8 Å². The molecule has 1 aromatic carbocycles. The molecular weight excluding hydrogens is 254 g/mol. The predicted molar refractivity (Wildman–Crippen MR) is 73.9 cm³/mol. The Hall–Kier alpha value is -0.520. The van der Waals surface area contributed by atoms with Gasteiger partial charge in [-0.1, -0.05) is 25.1 Å². The van der Waals surface area contributed by atoms with Gasteiger partial charge in [-0.15, -0.1) is 0 Å². The highest BCUT2D eigenvalue weighted by Gasteiger charge is 2.16. The van der Waals surface area contributed by atoms with E-state index in [1.165, 1.54) is 0 Å². The van der Waals surface area contributed by atoms with Gasteiger partial charge in [0.1, 0.15) is 0 Å². The second-order valence-electron chi connectivity index (χ2n) is 4.18. The van der Waals surface area contributed by atoms with Crippen LogP contribution in [-0.2, 0) is 10.0 Å². The topological polar surface area (TPSA) is 46.2 Å². The van der Waals surface area contributed by atoms with Crippen molar-refractivity contribution in [2.75, 3.05) is 18.6 Å². The molecule has 0 aliphatic rings. The average molecular weight is 273 g/mol. The number of hydrogen-bond donors (Lipinski definition) is 1. The van der Waals surface area contributed by atoms with E-state index in [9.17, 15) is 8.42 Å². The third-order valence-corrected chi connectivity index (χ3v) is 4.94. The smallest absolute Gasteiger partial charge is 0.211 e. The number of rotatable bonds is 6. The monoisotopic (exact) mass is 273 g/mol. The van der Waals surface area contributed by atoms with E-state index in [4.69, 9.17) is 0 Å². The zero-order chi connectivity index (χ0) is 12.9. The summed E-state index contributed by atoms with van der Waals surface area (Å²) in [6.45, 7) is 4.33. The number of hydrogen-bond acceptors (Lipinski definition) is 3. The Labute approximate surface area is 108 Å². The molecule has 1 atom stereocenters. The Kier molecular flexibility index (Phi) is 5.49. The van der Waals surface area contributed by atoms with Gasteiger partial charge in [0.05, 0.1) is 4.90 Å². The minimum atomic E-state index is -3.36. The Morgan fingerprint density at radius 3 is 2.59 bits per heavy atom. The van der Waals surface area contributed by atoms with E-state index in [-0.39, 0.29) is 0 Å². The Bertz CT molecular complexity index is 457. The molecule has 0 saturated heterocycles. The first-order valence-electron chi connectivity index (χ1n) is 5.51. The lowest BCUT2D eigenvalue weighted by Crippen LogP contribution is -2.29. The maximum Gasteiger partial charge on any atom is 0.240 e. The SMILES string of the molecule is CSCC(C)CNS(=O)(=O)c1ccccc1C. The summed E-state index contributed by atoms with van der Waals surface area (Å²) < 4.78 is 26.7. The maximum absolute atomic E-state index is 12.0. The second kappa shape index (κ2) is 6.42. The summed E-state index contributed by atoms with van der Waals surface area (Å²) in [4.78, 5) is 0.372. The summed E-state index contributed by atoms with van der Waals surface area (Å²) in [6, 6.07) is 7.02. The van der Waals surface area contributed by atoms with Crippen LogP contribution in [0.5, 0.6) is 0 Å². The van der Waals surface area contributed by atoms with Gasteiger partial charge in [-0.3, -0.25) is 0 Å². The number of thioether (sulfide) groups is 1. The molecule has 0 spiro atoms. The molecule has 17 heavy (non-hydrogen) atoms. The zero-order valence-corrected chi connectivity index (χ0v) is 12.1. The fraction of sp³-hybridized carbons (Fsp3) is 0.500. The molecule has 1 rings (SSSR count). The van der Waals surface area contributed by atoms with Gasteiger partial charge in [0.25, 0.3) is 0 Å². The number of aryl methyl sites for hydroxylation is 1. The first kappa shape index (κ1) is 14.5. The van der Waals surface area contributed by atoms with Gasteiger partial charge in [-0.25, -0.2) is 13.1 Å². The van der Waals surface area contributed by atoms with Crippen molar-refractivity contribution >= 4 is 21.8 Å². The molecule has 5 heteroatoms. The van der Waals surface area contributed by atoms with E-state index in [1.807, 2.05) is 19.2 Å². The predicted octanol–water partition coefficient (Wildman–Crippen LogP) is 2.27. The average Bonchev–Trinajstić information content (AvgIpc) is 2.27. The number of nitrogens with one attached hydrogen (secondary N) is 1. The lowest BCUT2D eigenvalue weighted by atomic mass is 10.2. The Balaban J connectivity index is 2.73. The van der Waals surface area contributed by atoms with Crippen molar-refractivity contribution in [3.63, 3.8) is 0 Å². The molecule has 0 saturated carbocycles. The summed E-state index contributed by atoms with van der Waals surface area (Å²) in [5.74, 6) is 1.29. The number of sulfonamides is 1. The minimum Gasteiger partial charge on any atom is -0.211 e. The van der Waals surface area contributed by atoms with Crippen LogP contribution in [0.15, 0.2) is 29.2 Å². The molecule has 3 nitrogen and oxygen atoms in total. The summed E-state index contributed by atoms with van der Waals surface area (Å²) in [6.07, 6.45) is 2.02. The molecule has 1 N–H and O–H groups in total. The highest BCUT2D eigenvalue weighted by atomic mass is 32.2. The molecule has 0 aliphatic carbocycles. The maximum atomic E-state index is 12.0. The minimum absolute atomic E-state index is 0.337. The van der Waals surface area contributed by atoms with Crippen LogP contribution in [0.25, 0.3) is 0 Å². The number of benzene rings is 1. The largest absolute Gasteiger partial charge is 0.240 e. The molecule has 0 radical (unpaired) electrons. The van der Waals surface area contributed by atoms with Crippen molar-refractivity contribution in [1.29, 1.82) is 0 Å². The van der Waals surface area contributed by atoms with E-state index >= 15 is 0 Å². The van der Waals surface area contributed by atoms with Crippen molar-refractivity contribution in [3.05, 3.63) is 29.8 Å². The van der Waals surface area contributed by atoms with Gasteiger partial charge in [0.15, 0.2) is 0 Å². The van der Waals surface area contributed by atoms with Gasteiger partial charge in [0, 0.05) is 6.54 Å². The van der Waals surface area contributed by atoms with Crippen molar-refractivity contribution in [1.82, 2.24) is 4.72 Å². The Morgan fingerprint density at radius 2 is 2.00 bits per heavy atom. The third kappa shape index (κ3) is 4.33. The Morgan fingerprint density at radius 1 is 1.35 bits per heavy atom. The van der Waals surface area contributed by atoms with Gasteiger partial charge in [0.2, 0.25) is 10.0 Å². The van der Waals surface area contributed by atoms with Gasteiger partial charge in [-0.05, 0) is 36.5 Å². The molecule has 0 heterocycles. The van der Waals surface area contributed by atoms with Crippen LogP contribution in [0.2, 0.25) is 0 Å². The van der Waals surface area contributed by atoms with Crippen molar-refractivity contribution < 1.29 is 8.42 Å². The molecule has 1 aromatic rings. The normalized spacial score (nSPS) is 13.6. The molecule has 96 valence electrons. The van der Waals surface area contributed by atoms with E-state index in [2.05, 4.69) is 4.72 Å². The fourth-order valence-corrected chi connectivity index (χ4v) is 3.63. The zero-order valence-electron chi connectivity index (χ0n) is 10.4. The first-order valence-corrected chi connectivity index (χ1v) is 8.39. The highest BCUT2D eigenvalue weighted by Crippen LogP contribution is 2.14. The van der Waals surface area contributed by atoms with Gasteiger partial charge >= 0.3 is 0 Å². The lowest BCUT2D eigenvalue weighted by Gasteiger charge is -2.12. The van der Waals surface area contributed by atoms with E-state index < -0.39 is 10.0 Å². The lowest BCUT2D eigenvalue weighted by molar-refractivity contribution is 0.562. The van der Waals surface area contributed by atoms with Crippen LogP contribution in [0.4, 0.5) is 0 Å². The molecule has 0 aliphatic heterocycles. The second-order valence-corrected chi connectivity index (χ2v) is 6.82. The quantitative estimate of drug-likeness (QED) is 0.865.